The summed E-state index contributed by atoms with van der Waals surface area (Å²) in [5.41, 5.74) is 5.74. The first-order chi connectivity index (χ1) is 8.40. The van der Waals surface area contributed by atoms with E-state index in [1.54, 1.807) is 13.1 Å². The van der Waals surface area contributed by atoms with Gasteiger partial charge in [0.25, 0.3) is 10.0 Å². The molecule has 2 aromatic rings. The Balaban J connectivity index is 2.40. The van der Waals surface area contributed by atoms with E-state index in [-0.39, 0.29) is 10.6 Å². The Hall–Kier alpha value is -1.73. The number of hydrogen-bond donors (Lipinski definition) is 2. The Morgan fingerprint density at radius 3 is 2.67 bits per heavy atom. The highest BCUT2D eigenvalue weighted by Gasteiger charge is 2.18. The summed E-state index contributed by atoms with van der Waals surface area (Å²) in [4.78, 5) is -0.0203. The predicted molar refractivity (Wildman–Crippen MR) is 69.9 cm³/mol. The number of aromatic nitrogens is 2. The van der Waals surface area contributed by atoms with Crippen molar-refractivity contribution in [1.29, 1.82) is 0 Å². The Morgan fingerprint density at radius 1 is 1.39 bits per heavy atom. The van der Waals surface area contributed by atoms with Crippen LogP contribution in [0.25, 0.3) is 0 Å². The first kappa shape index (κ1) is 12.7. The molecule has 0 bridgehead atoms. The standard InChI is InChI=1S/C10H11ClN4O2S/c1-15-10(4-5-13-15)14-18(16,17)9-3-2-7(11)6-8(9)12/h2-6,14H,12H2,1H3. The van der Waals surface area contributed by atoms with E-state index in [1.807, 2.05) is 0 Å². The van der Waals surface area contributed by atoms with Gasteiger partial charge in [-0.1, -0.05) is 11.6 Å². The van der Waals surface area contributed by atoms with E-state index < -0.39 is 10.0 Å². The van der Waals surface area contributed by atoms with Crippen molar-refractivity contribution in [1.82, 2.24) is 9.78 Å². The van der Waals surface area contributed by atoms with Crippen LogP contribution in [-0.2, 0) is 17.1 Å². The van der Waals surface area contributed by atoms with Crippen LogP contribution in [0.3, 0.4) is 0 Å². The molecule has 1 aromatic carbocycles. The van der Waals surface area contributed by atoms with Crippen molar-refractivity contribution in [2.45, 2.75) is 4.90 Å². The molecule has 0 saturated heterocycles. The number of aryl methyl sites for hydroxylation is 1. The average Bonchev–Trinajstić information content (AvgIpc) is 2.63. The molecule has 0 aliphatic carbocycles. The van der Waals surface area contributed by atoms with Crippen LogP contribution in [0, 0.1) is 0 Å². The molecule has 0 amide bonds. The maximum atomic E-state index is 12.1. The van der Waals surface area contributed by atoms with Crippen molar-refractivity contribution in [3.05, 3.63) is 35.5 Å². The van der Waals surface area contributed by atoms with Gasteiger partial charge in [-0.25, -0.2) is 8.42 Å². The molecule has 8 heteroatoms. The van der Waals surface area contributed by atoms with Gasteiger partial charge in [0, 0.05) is 18.1 Å². The van der Waals surface area contributed by atoms with Gasteiger partial charge in [0.05, 0.1) is 11.9 Å². The van der Waals surface area contributed by atoms with Gasteiger partial charge < -0.3 is 5.73 Å². The summed E-state index contributed by atoms with van der Waals surface area (Å²) in [7, 11) is -2.12. The molecule has 6 nitrogen and oxygen atoms in total. The molecular weight excluding hydrogens is 276 g/mol. The summed E-state index contributed by atoms with van der Waals surface area (Å²) in [6.45, 7) is 0. The lowest BCUT2D eigenvalue weighted by Gasteiger charge is -2.10. The molecule has 0 aliphatic heterocycles. The number of rotatable bonds is 3. The molecule has 0 radical (unpaired) electrons. The van der Waals surface area contributed by atoms with Gasteiger partial charge in [-0.15, -0.1) is 0 Å². The van der Waals surface area contributed by atoms with Crippen LogP contribution >= 0.6 is 11.6 Å². The van der Waals surface area contributed by atoms with Gasteiger partial charge in [-0.3, -0.25) is 9.40 Å². The summed E-state index contributed by atoms with van der Waals surface area (Å²) >= 11 is 5.73. The van der Waals surface area contributed by atoms with Gasteiger partial charge >= 0.3 is 0 Å². The van der Waals surface area contributed by atoms with Crippen LogP contribution in [0.15, 0.2) is 35.4 Å². The first-order valence-corrected chi connectivity index (χ1v) is 6.82. The lowest BCUT2D eigenvalue weighted by Crippen LogP contribution is -2.16. The number of halogens is 1. The third kappa shape index (κ3) is 2.41. The number of benzene rings is 1. The third-order valence-electron chi connectivity index (χ3n) is 2.32. The van der Waals surface area contributed by atoms with E-state index in [0.717, 1.165) is 0 Å². The van der Waals surface area contributed by atoms with Crippen molar-refractivity contribution in [2.75, 3.05) is 10.5 Å². The molecule has 1 heterocycles. The monoisotopic (exact) mass is 286 g/mol. The van der Waals surface area contributed by atoms with Crippen LogP contribution in [0.2, 0.25) is 5.02 Å². The summed E-state index contributed by atoms with van der Waals surface area (Å²) < 4.78 is 28.0. The minimum Gasteiger partial charge on any atom is -0.398 e. The van der Waals surface area contributed by atoms with E-state index in [1.165, 1.54) is 29.1 Å². The Bertz CT molecular complexity index is 681. The fraction of sp³-hybridized carbons (Fsp3) is 0.100. The molecule has 1 aromatic heterocycles. The highest BCUT2D eigenvalue weighted by molar-refractivity contribution is 7.92. The Kier molecular flexibility index (Phi) is 3.18. The van der Waals surface area contributed by atoms with Crippen molar-refractivity contribution < 1.29 is 8.42 Å². The SMILES string of the molecule is Cn1nccc1NS(=O)(=O)c1ccc(Cl)cc1N. The number of sulfonamides is 1. The second-order valence-corrected chi connectivity index (χ2v) is 5.71. The number of anilines is 2. The number of hydrogen-bond acceptors (Lipinski definition) is 4. The van der Waals surface area contributed by atoms with Crippen LogP contribution in [0.4, 0.5) is 11.5 Å². The molecule has 0 spiro atoms. The third-order valence-corrected chi connectivity index (χ3v) is 3.98. The van der Waals surface area contributed by atoms with Crippen LogP contribution in [-0.4, -0.2) is 18.2 Å². The van der Waals surface area contributed by atoms with Gasteiger partial charge in [0.1, 0.15) is 10.7 Å². The number of nitrogens with one attached hydrogen (secondary N) is 1. The van der Waals surface area contributed by atoms with Crippen molar-refractivity contribution in [3.63, 3.8) is 0 Å². The molecule has 3 N–H and O–H groups in total. The lowest BCUT2D eigenvalue weighted by molar-refractivity contribution is 0.600. The zero-order valence-corrected chi connectivity index (χ0v) is 11.0. The van der Waals surface area contributed by atoms with Crippen molar-refractivity contribution >= 4 is 33.1 Å². The topological polar surface area (TPSA) is 90.0 Å². The van der Waals surface area contributed by atoms with Gasteiger partial charge in [0.15, 0.2) is 0 Å². The zero-order valence-electron chi connectivity index (χ0n) is 9.46. The fourth-order valence-electron chi connectivity index (χ4n) is 1.43. The summed E-state index contributed by atoms with van der Waals surface area (Å²) in [6, 6.07) is 5.76. The van der Waals surface area contributed by atoms with Crippen LogP contribution < -0.4 is 10.5 Å². The largest absolute Gasteiger partial charge is 0.398 e. The van der Waals surface area contributed by atoms with E-state index in [0.29, 0.717) is 10.8 Å². The number of nitrogens with zero attached hydrogens (tertiary/aromatic N) is 2. The smallest absolute Gasteiger partial charge is 0.265 e. The molecular formula is C10H11ClN4O2S. The van der Waals surface area contributed by atoms with E-state index >= 15 is 0 Å². The zero-order chi connectivity index (χ0) is 13.3. The highest BCUT2D eigenvalue weighted by Crippen LogP contribution is 2.24. The Morgan fingerprint density at radius 2 is 2.11 bits per heavy atom. The van der Waals surface area contributed by atoms with Gasteiger partial charge in [0.2, 0.25) is 0 Å². The van der Waals surface area contributed by atoms with E-state index in [4.69, 9.17) is 17.3 Å². The first-order valence-electron chi connectivity index (χ1n) is 4.96. The normalized spacial score (nSPS) is 11.4. The minimum absolute atomic E-state index is 0.0203. The van der Waals surface area contributed by atoms with Crippen molar-refractivity contribution in [2.24, 2.45) is 7.05 Å². The summed E-state index contributed by atoms with van der Waals surface area (Å²) in [5, 5.41) is 4.25. The lowest BCUT2D eigenvalue weighted by atomic mass is 10.3. The van der Waals surface area contributed by atoms with E-state index in [2.05, 4.69) is 9.82 Å². The van der Waals surface area contributed by atoms with Crippen LogP contribution in [0.5, 0.6) is 0 Å². The molecule has 2 rings (SSSR count). The maximum absolute atomic E-state index is 12.1. The fourth-order valence-corrected chi connectivity index (χ4v) is 2.81. The van der Waals surface area contributed by atoms with Crippen LogP contribution in [0.1, 0.15) is 0 Å². The number of nitrogen functional groups attached to an aromatic ring is 1. The highest BCUT2D eigenvalue weighted by atomic mass is 35.5. The summed E-state index contributed by atoms with van der Waals surface area (Å²) in [6.07, 6.45) is 1.49. The molecule has 0 atom stereocenters. The second kappa shape index (κ2) is 4.51. The number of nitrogens with two attached hydrogens (primary N) is 1. The molecule has 96 valence electrons. The van der Waals surface area contributed by atoms with E-state index in [9.17, 15) is 8.42 Å². The second-order valence-electron chi connectivity index (χ2n) is 3.63. The van der Waals surface area contributed by atoms with Gasteiger partial charge in [-0.2, -0.15) is 5.10 Å². The van der Waals surface area contributed by atoms with Gasteiger partial charge in [-0.05, 0) is 18.2 Å². The minimum atomic E-state index is -3.75. The maximum Gasteiger partial charge on any atom is 0.265 e. The quantitative estimate of drug-likeness (QED) is 0.836. The summed E-state index contributed by atoms with van der Waals surface area (Å²) in [5.74, 6) is 0.351. The average molecular weight is 287 g/mol. The molecule has 0 aliphatic rings. The molecule has 0 unspecified atom stereocenters. The molecule has 0 fully saturated rings. The Labute approximate surface area is 109 Å². The molecule has 0 saturated carbocycles. The van der Waals surface area contributed by atoms with Crippen molar-refractivity contribution in [3.8, 4) is 0 Å². The predicted octanol–water partition coefficient (Wildman–Crippen LogP) is 1.46. The molecule has 18 heavy (non-hydrogen) atoms.